The molecule has 0 fully saturated rings. The van der Waals surface area contributed by atoms with Gasteiger partial charge in [-0.2, -0.15) is 5.10 Å². The molecule has 0 unspecified atom stereocenters. The van der Waals surface area contributed by atoms with Crippen molar-refractivity contribution in [3.8, 4) is 5.69 Å². The van der Waals surface area contributed by atoms with Gasteiger partial charge in [0, 0.05) is 9.50 Å². The summed E-state index contributed by atoms with van der Waals surface area (Å²) in [7, 11) is -4.02. The maximum atomic E-state index is 12.4. The summed E-state index contributed by atoms with van der Waals surface area (Å²) >= 11 is 9.23. The Hall–Kier alpha value is -2.16. The van der Waals surface area contributed by atoms with Crippen molar-refractivity contribution >= 4 is 43.5 Å². The van der Waals surface area contributed by atoms with Crippen LogP contribution in [0.3, 0.4) is 0 Å². The quantitative estimate of drug-likeness (QED) is 0.620. The lowest BCUT2D eigenvalue weighted by Gasteiger charge is -2.06. The number of sulfonamides is 1. The smallest absolute Gasteiger partial charge is 0.267 e. The van der Waals surface area contributed by atoms with Gasteiger partial charge in [-0.3, -0.25) is 4.79 Å². The van der Waals surface area contributed by atoms with Gasteiger partial charge in [0.05, 0.1) is 24.5 Å². The summed E-state index contributed by atoms with van der Waals surface area (Å²) in [4.78, 5) is 12.1. The predicted octanol–water partition coefficient (Wildman–Crippen LogP) is 3.64. The van der Waals surface area contributed by atoms with Crippen LogP contribution < -0.4 is 4.72 Å². The summed E-state index contributed by atoms with van der Waals surface area (Å²) in [6.45, 7) is 1.96. The molecule has 1 N–H and O–H groups in total. The number of halogens is 2. The second-order valence-electron chi connectivity index (χ2n) is 5.94. The Kier molecular flexibility index (Phi) is 5.69. The first-order valence-electron chi connectivity index (χ1n) is 7.85. The normalized spacial score (nSPS) is 11.4. The van der Waals surface area contributed by atoms with Crippen LogP contribution in [0.2, 0.25) is 5.02 Å². The van der Waals surface area contributed by atoms with Crippen molar-refractivity contribution in [3.05, 3.63) is 75.5 Å². The summed E-state index contributed by atoms with van der Waals surface area (Å²) in [5.41, 5.74) is 2.40. The average molecular weight is 469 g/mol. The van der Waals surface area contributed by atoms with Gasteiger partial charge in [-0.25, -0.2) is 17.8 Å². The van der Waals surface area contributed by atoms with Crippen LogP contribution in [0.4, 0.5) is 0 Å². The molecule has 0 aliphatic rings. The van der Waals surface area contributed by atoms with Crippen molar-refractivity contribution in [2.45, 2.75) is 18.2 Å². The fourth-order valence-electron chi connectivity index (χ4n) is 2.43. The largest absolute Gasteiger partial charge is 0.274 e. The average Bonchev–Trinajstić information content (AvgIpc) is 3.04. The summed E-state index contributed by atoms with van der Waals surface area (Å²) in [6.07, 6.45) is 2.44. The molecule has 0 saturated heterocycles. The van der Waals surface area contributed by atoms with Gasteiger partial charge >= 0.3 is 0 Å². The lowest BCUT2D eigenvalue weighted by Crippen LogP contribution is -2.31. The highest BCUT2D eigenvalue weighted by Crippen LogP contribution is 2.20. The fourth-order valence-corrected chi connectivity index (χ4v) is 4.27. The molecule has 3 aromatic rings. The summed E-state index contributed by atoms with van der Waals surface area (Å²) < 4.78 is 29.1. The third-order valence-corrected chi connectivity index (χ3v) is 5.71. The molecule has 3 rings (SSSR count). The van der Waals surface area contributed by atoms with Gasteiger partial charge in [0.2, 0.25) is 5.91 Å². The van der Waals surface area contributed by atoms with Crippen molar-refractivity contribution in [2.24, 2.45) is 0 Å². The van der Waals surface area contributed by atoms with Crippen molar-refractivity contribution < 1.29 is 13.2 Å². The number of aryl methyl sites for hydroxylation is 1. The minimum Gasteiger partial charge on any atom is -0.274 e. The minimum atomic E-state index is -4.02. The standard InChI is InChI=1S/C18H15BrClN3O3S/c1-12-2-4-16(5-3-12)23-11-17(10-21-23)27(25,26)22-18(24)8-13-6-14(19)9-15(20)7-13/h2-7,9-11H,8H2,1H3,(H,22,24). The van der Waals surface area contributed by atoms with E-state index in [9.17, 15) is 13.2 Å². The molecule has 0 aliphatic carbocycles. The lowest BCUT2D eigenvalue weighted by atomic mass is 10.1. The molecule has 1 heterocycles. The predicted molar refractivity (Wildman–Crippen MR) is 106 cm³/mol. The Morgan fingerprint density at radius 1 is 1.22 bits per heavy atom. The molecule has 6 nitrogen and oxygen atoms in total. The number of rotatable bonds is 5. The van der Waals surface area contributed by atoms with Gasteiger partial charge in [0.1, 0.15) is 4.90 Å². The molecule has 9 heteroatoms. The Morgan fingerprint density at radius 2 is 1.93 bits per heavy atom. The molecule has 140 valence electrons. The van der Waals surface area contributed by atoms with Gasteiger partial charge in [-0.05, 0) is 42.8 Å². The van der Waals surface area contributed by atoms with E-state index in [1.807, 2.05) is 31.2 Å². The van der Waals surface area contributed by atoms with E-state index in [1.54, 1.807) is 18.2 Å². The van der Waals surface area contributed by atoms with E-state index in [-0.39, 0.29) is 11.3 Å². The molecule has 0 spiro atoms. The number of hydrogen-bond acceptors (Lipinski definition) is 4. The number of nitrogens with one attached hydrogen (secondary N) is 1. The molecular formula is C18H15BrClN3O3S. The fraction of sp³-hybridized carbons (Fsp3) is 0.111. The van der Waals surface area contributed by atoms with Gasteiger partial charge in [0.25, 0.3) is 10.0 Å². The van der Waals surface area contributed by atoms with Gasteiger partial charge in [-0.1, -0.05) is 45.2 Å². The van der Waals surface area contributed by atoms with E-state index >= 15 is 0 Å². The minimum absolute atomic E-state index is 0.0938. The molecule has 0 saturated carbocycles. The zero-order chi connectivity index (χ0) is 19.6. The highest BCUT2D eigenvalue weighted by Gasteiger charge is 2.20. The number of aromatic nitrogens is 2. The molecule has 0 radical (unpaired) electrons. The molecular weight excluding hydrogens is 454 g/mol. The molecule has 0 bridgehead atoms. The van der Waals surface area contributed by atoms with Crippen LogP contribution in [-0.2, 0) is 21.2 Å². The molecule has 27 heavy (non-hydrogen) atoms. The Morgan fingerprint density at radius 3 is 2.59 bits per heavy atom. The summed E-state index contributed by atoms with van der Waals surface area (Å²) in [5, 5.41) is 4.51. The maximum absolute atomic E-state index is 12.4. The monoisotopic (exact) mass is 467 g/mol. The highest BCUT2D eigenvalue weighted by molar-refractivity contribution is 9.10. The number of nitrogens with zero attached hydrogens (tertiary/aromatic N) is 2. The van der Waals surface area contributed by atoms with Crippen molar-refractivity contribution in [2.75, 3.05) is 0 Å². The topological polar surface area (TPSA) is 81.1 Å². The Balaban J connectivity index is 1.74. The van der Waals surface area contributed by atoms with E-state index in [4.69, 9.17) is 11.6 Å². The van der Waals surface area contributed by atoms with Crippen molar-refractivity contribution in [3.63, 3.8) is 0 Å². The molecule has 0 aliphatic heterocycles. The Labute approximate surface area is 170 Å². The molecule has 2 aromatic carbocycles. The van der Waals surface area contributed by atoms with Crippen LogP contribution >= 0.6 is 27.5 Å². The van der Waals surface area contributed by atoms with Crippen LogP contribution in [0.5, 0.6) is 0 Å². The highest BCUT2D eigenvalue weighted by atomic mass is 79.9. The first-order chi connectivity index (χ1) is 12.7. The number of carbonyl (C=O) groups excluding carboxylic acids is 1. The van der Waals surface area contributed by atoms with Gasteiger partial charge in [-0.15, -0.1) is 0 Å². The van der Waals surface area contributed by atoms with Crippen LogP contribution in [0.15, 0.2) is 64.2 Å². The SMILES string of the molecule is Cc1ccc(-n2cc(S(=O)(=O)NC(=O)Cc3cc(Cl)cc(Br)c3)cn2)cc1. The number of amides is 1. The van der Waals surface area contributed by atoms with E-state index in [2.05, 4.69) is 25.8 Å². The third kappa shape index (κ3) is 4.97. The summed E-state index contributed by atoms with van der Waals surface area (Å²) in [6, 6.07) is 12.4. The van der Waals surface area contributed by atoms with Crippen LogP contribution in [0.1, 0.15) is 11.1 Å². The second kappa shape index (κ2) is 7.84. The second-order valence-corrected chi connectivity index (χ2v) is 8.97. The number of benzene rings is 2. The Bertz CT molecular complexity index is 1080. The lowest BCUT2D eigenvalue weighted by molar-refractivity contribution is -0.118. The molecule has 0 atom stereocenters. The van der Waals surface area contributed by atoms with Gasteiger partial charge < -0.3 is 0 Å². The van der Waals surface area contributed by atoms with Gasteiger partial charge in [0.15, 0.2) is 0 Å². The zero-order valence-electron chi connectivity index (χ0n) is 14.2. The van der Waals surface area contributed by atoms with E-state index in [0.29, 0.717) is 15.1 Å². The van der Waals surface area contributed by atoms with E-state index in [0.717, 1.165) is 11.3 Å². The van der Waals surface area contributed by atoms with Crippen LogP contribution in [0.25, 0.3) is 5.69 Å². The molecule has 1 aromatic heterocycles. The third-order valence-electron chi connectivity index (χ3n) is 3.70. The first kappa shape index (κ1) is 19.6. The van der Waals surface area contributed by atoms with E-state index in [1.165, 1.54) is 17.1 Å². The van der Waals surface area contributed by atoms with Crippen molar-refractivity contribution in [1.29, 1.82) is 0 Å². The van der Waals surface area contributed by atoms with Crippen LogP contribution in [-0.4, -0.2) is 24.1 Å². The number of carbonyl (C=O) groups is 1. The van der Waals surface area contributed by atoms with Crippen LogP contribution in [0, 0.1) is 6.92 Å². The molecule has 1 amide bonds. The van der Waals surface area contributed by atoms with E-state index < -0.39 is 15.9 Å². The first-order valence-corrected chi connectivity index (χ1v) is 10.5. The number of hydrogen-bond donors (Lipinski definition) is 1. The summed E-state index contributed by atoms with van der Waals surface area (Å²) in [5.74, 6) is -0.660. The maximum Gasteiger partial charge on any atom is 0.267 e. The van der Waals surface area contributed by atoms with Crippen molar-refractivity contribution in [1.82, 2.24) is 14.5 Å². The zero-order valence-corrected chi connectivity index (χ0v) is 17.3.